The van der Waals surface area contributed by atoms with E-state index in [1.54, 1.807) is 28.9 Å². The Kier molecular flexibility index (Phi) is 6.52. The molecule has 0 aliphatic carbocycles. The molecule has 0 saturated carbocycles. The number of carbonyl (C=O) groups excluding carboxylic acids is 2. The van der Waals surface area contributed by atoms with Crippen LogP contribution >= 0.6 is 11.8 Å². The average Bonchev–Trinajstić information content (AvgIpc) is 2.98. The van der Waals surface area contributed by atoms with Gasteiger partial charge in [-0.05, 0) is 40.6 Å². The molecule has 1 aromatic carbocycles. The van der Waals surface area contributed by atoms with E-state index in [4.69, 9.17) is 0 Å². The number of hydrogen-bond donors (Lipinski definition) is 1. The van der Waals surface area contributed by atoms with Crippen molar-refractivity contribution >= 4 is 29.1 Å². The van der Waals surface area contributed by atoms with Crippen LogP contribution in [0.25, 0.3) is 0 Å². The van der Waals surface area contributed by atoms with E-state index >= 15 is 0 Å². The fraction of sp³-hybridized carbons (Fsp3) is 0.500. The van der Waals surface area contributed by atoms with E-state index in [1.807, 2.05) is 20.8 Å². The van der Waals surface area contributed by atoms with Crippen molar-refractivity contribution in [3.63, 3.8) is 0 Å². The van der Waals surface area contributed by atoms with Gasteiger partial charge in [0.25, 0.3) is 0 Å². The lowest BCUT2D eigenvalue weighted by molar-refractivity contribution is -0.123. The third-order valence-corrected chi connectivity index (χ3v) is 4.47. The van der Waals surface area contributed by atoms with Crippen LogP contribution in [0, 0.1) is 11.3 Å². The zero-order valence-corrected chi connectivity index (χ0v) is 16.6. The van der Waals surface area contributed by atoms with Crippen LogP contribution in [0.2, 0.25) is 0 Å². The zero-order chi connectivity index (χ0) is 19.3. The minimum Gasteiger partial charge on any atom is -0.326 e. The molecule has 0 bridgehead atoms. The van der Waals surface area contributed by atoms with Gasteiger partial charge in [-0.3, -0.25) is 9.59 Å². The fourth-order valence-corrected chi connectivity index (χ4v) is 2.81. The predicted octanol–water partition coefficient (Wildman–Crippen LogP) is 3.29. The van der Waals surface area contributed by atoms with Crippen molar-refractivity contribution in [2.75, 3.05) is 11.1 Å². The molecular weight excluding hydrogens is 350 g/mol. The monoisotopic (exact) mass is 375 g/mol. The number of hydrogen-bond acceptors (Lipinski definition) is 6. The summed E-state index contributed by atoms with van der Waals surface area (Å²) in [6, 6.07) is 6.92. The number of amides is 1. The molecule has 0 saturated heterocycles. The lowest BCUT2D eigenvalue weighted by Crippen LogP contribution is -2.27. The molecule has 8 heteroatoms. The van der Waals surface area contributed by atoms with Gasteiger partial charge < -0.3 is 5.32 Å². The summed E-state index contributed by atoms with van der Waals surface area (Å²) in [6.45, 7) is 10.4. The number of aromatic nitrogens is 4. The summed E-state index contributed by atoms with van der Waals surface area (Å²) in [5.74, 6) is 0.600. The molecule has 0 unspecified atom stereocenters. The van der Waals surface area contributed by atoms with E-state index in [9.17, 15) is 9.59 Å². The molecule has 0 aliphatic heterocycles. The second-order valence-corrected chi connectivity index (χ2v) is 8.47. The summed E-state index contributed by atoms with van der Waals surface area (Å²) in [7, 11) is 0. The van der Waals surface area contributed by atoms with Gasteiger partial charge in [-0.1, -0.05) is 46.4 Å². The van der Waals surface area contributed by atoms with Crippen molar-refractivity contribution in [3.8, 4) is 0 Å². The summed E-state index contributed by atoms with van der Waals surface area (Å²) < 4.78 is 1.72. The van der Waals surface area contributed by atoms with E-state index in [2.05, 4.69) is 34.7 Å². The number of benzene rings is 1. The van der Waals surface area contributed by atoms with Crippen LogP contribution in [0.5, 0.6) is 0 Å². The lowest BCUT2D eigenvalue weighted by atomic mass is 9.95. The molecule has 7 nitrogen and oxygen atoms in total. The summed E-state index contributed by atoms with van der Waals surface area (Å²) in [5, 5.41) is 15.1. The molecule has 0 radical (unpaired) electrons. The van der Waals surface area contributed by atoms with Crippen molar-refractivity contribution in [2.45, 2.75) is 46.3 Å². The summed E-state index contributed by atoms with van der Waals surface area (Å²) in [4.78, 5) is 24.4. The molecular formula is C18H25N5O2S. The normalized spacial score (nSPS) is 11.6. The van der Waals surface area contributed by atoms with E-state index < -0.39 is 5.41 Å². The molecule has 0 atom stereocenters. The first-order valence-corrected chi connectivity index (χ1v) is 9.49. The molecule has 1 N–H and O–H groups in total. The van der Waals surface area contributed by atoms with Crippen LogP contribution in [-0.4, -0.2) is 37.7 Å². The van der Waals surface area contributed by atoms with Crippen LogP contribution in [0.4, 0.5) is 5.69 Å². The molecule has 0 fully saturated rings. The van der Waals surface area contributed by atoms with Gasteiger partial charge in [0, 0.05) is 23.2 Å². The zero-order valence-electron chi connectivity index (χ0n) is 15.8. The maximum atomic E-state index is 12.4. The van der Waals surface area contributed by atoms with Crippen molar-refractivity contribution in [2.24, 2.45) is 11.3 Å². The Morgan fingerprint density at radius 1 is 1.19 bits per heavy atom. The number of tetrazole rings is 1. The number of nitrogens with zero attached hydrogens (tertiary/aromatic N) is 4. The largest absolute Gasteiger partial charge is 0.326 e. The maximum Gasteiger partial charge on any atom is 0.229 e. The highest BCUT2D eigenvalue weighted by atomic mass is 32.2. The van der Waals surface area contributed by atoms with Gasteiger partial charge in [0.2, 0.25) is 11.1 Å². The van der Waals surface area contributed by atoms with Gasteiger partial charge in [-0.15, -0.1) is 5.10 Å². The van der Waals surface area contributed by atoms with Crippen molar-refractivity contribution in [1.82, 2.24) is 20.2 Å². The second-order valence-electron chi connectivity index (χ2n) is 7.53. The highest BCUT2D eigenvalue weighted by Gasteiger charge is 2.21. The van der Waals surface area contributed by atoms with E-state index in [-0.39, 0.29) is 17.4 Å². The van der Waals surface area contributed by atoms with Crippen LogP contribution in [0.15, 0.2) is 29.4 Å². The maximum absolute atomic E-state index is 12.4. The molecule has 0 spiro atoms. The average molecular weight is 375 g/mol. The second kappa shape index (κ2) is 8.44. The first-order chi connectivity index (χ1) is 12.2. The highest BCUT2D eigenvalue weighted by molar-refractivity contribution is 7.99. The molecule has 1 amide bonds. The van der Waals surface area contributed by atoms with Crippen LogP contribution in [0.3, 0.4) is 0 Å². The van der Waals surface area contributed by atoms with E-state index in [0.29, 0.717) is 28.9 Å². The van der Waals surface area contributed by atoms with Gasteiger partial charge in [0.05, 0.1) is 5.75 Å². The molecule has 2 rings (SSSR count). The smallest absolute Gasteiger partial charge is 0.229 e. The molecule has 0 aliphatic rings. The minimum atomic E-state index is -0.467. The number of rotatable bonds is 7. The Hall–Kier alpha value is -2.22. The Bertz CT molecular complexity index is 763. The Morgan fingerprint density at radius 2 is 1.85 bits per heavy atom. The Balaban J connectivity index is 1.94. The first-order valence-electron chi connectivity index (χ1n) is 8.50. The molecule has 140 valence electrons. The van der Waals surface area contributed by atoms with E-state index in [0.717, 1.165) is 0 Å². The minimum absolute atomic E-state index is 0.0113. The summed E-state index contributed by atoms with van der Waals surface area (Å²) in [5.41, 5.74) is 0.801. The van der Waals surface area contributed by atoms with Gasteiger partial charge in [-0.2, -0.15) is 0 Å². The SMILES string of the molecule is CC(C)Cn1nnnc1SCC(=O)c1ccc(NC(=O)C(C)(C)C)cc1. The standard InChI is InChI=1S/C18H25N5O2S/c1-12(2)10-23-17(20-21-22-23)26-11-15(24)13-6-8-14(9-7-13)19-16(25)18(3,4)5/h6-9,12H,10-11H2,1-5H3,(H,19,25). The van der Waals surface area contributed by atoms with Crippen LogP contribution in [-0.2, 0) is 11.3 Å². The van der Waals surface area contributed by atoms with Crippen molar-refractivity contribution in [1.29, 1.82) is 0 Å². The Morgan fingerprint density at radius 3 is 2.42 bits per heavy atom. The van der Waals surface area contributed by atoms with Crippen molar-refractivity contribution in [3.05, 3.63) is 29.8 Å². The van der Waals surface area contributed by atoms with Gasteiger partial charge >= 0.3 is 0 Å². The third-order valence-electron chi connectivity index (χ3n) is 3.52. The number of ketones is 1. The predicted molar refractivity (Wildman–Crippen MR) is 102 cm³/mol. The highest BCUT2D eigenvalue weighted by Crippen LogP contribution is 2.20. The number of anilines is 1. The number of thioether (sulfide) groups is 1. The van der Waals surface area contributed by atoms with Gasteiger partial charge in [-0.25, -0.2) is 4.68 Å². The first kappa shape index (κ1) is 20.1. The van der Waals surface area contributed by atoms with E-state index in [1.165, 1.54) is 11.8 Å². The van der Waals surface area contributed by atoms with Gasteiger partial charge in [0.15, 0.2) is 5.78 Å². The van der Waals surface area contributed by atoms with Crippen LogP contribution < -0.4 is 5.32 Å². The summed E-state index contributed by atoms with van der Waals surface area (Å²) in [6.07, 6.45) is 0. The molecule has 1 aromatic heterocycles. The Labute approximate surface area is 157 Å². The summed E-state index contributed by atoms with van der Waals surface area (Å²) >= 11 is 1.32. The lowest BCUT2D eigenvalue weighted by Gasteiger charge is -2.17. The third kappa shape index (κ3) is 5.66. The topological polar surface area (TPSA) is 89.8 Å². The fourth-order valence-electron chi connectivity index (χ4n) is 2.03. The van der Waals surface area contributed by atoms with Crippen molar-refractivity contribution < 1.29 is 9.59 Å². The number of carbonyl (C=O) groups is 2. The van der Waals surface area contributed by atoms with Crippen LogP contribution in [0.1, 0.15) is 45.0 Å². The molecule has 26 heavy (non-hydrogen) atoms. The molecule has 1 heterocycles. The quantitative estimate of drug-likeness (QED) is 0.590. The van der Waals surface area contributed by atoms with Gasteiger partial charge in [0.1, 0.15) is 0 Å². The number of Topliss-reactive ketones (excluding diaryl/α,β-unsaturated/α-hetero) is 1. The molecule has 2 aromatic rings. The number of nitrogens with one attached hydrogen (secondary N) is 1.